The van der Waals surface area contributed by atoms with Crippen LogP contribution in [-0.4, -0.2) is 25.8 Å². The van der Waals surface area contributed by atoms with Gasteiger partial charge in [-0.1, -0.05) is 61.2 Å². The number of thioether (sulfide) groups is 1. The van der Waals surface area contributed by atoms with Crippen LogP contribution >= 0.6 is 11.8 Å². The number of hydrogen-bond acceptors (Lipinski definition) is 5. The van der Waals surface area contributed by atoms with Crippen molar-refractivity contribution < 1.29 is 9.53 Å². The molecule has 2 aromatic carbocycles. The number of carbonyl (C=O) groups excluding carboxylic acids is 1. The Morgan fingerprint density at radius 3 is 2.57 bits per heavy atom. The second-order valence-corrected chi connectivity index (χ2v) is 8.78. The zero-order chi connectivity index (χ0) is 20.9. The second kappa shape index (κ2) is 9.47. The highest BCUT2D eigenvalue weighted by molar-refractivity contribution is 8.00. The minimum absolute atomic E-state index is 0.0220. The van der Waals surface area contributed by atoms with Crippen molar-refractivity contribution in [2.75, 3.05) is 0 Å². The van der Waals surface area contributed by atoms with Crippen molar-refractivity contribution in [2.45, 2.75) is 62.6 Å². The molecule has 1 heterocycles. The highest BCUT2D eigenvalue weighted by Gasteiger charge is 2.29. The molecule has 3 aromatic rings. The summed E-state index contributed by atoms with van der Waals surface area (Å²) < 4.78 is 8.14. The van der Waals surface area contributed by atoms with E-state index in [1.807, 2.05) is 30.3 Å². The van der Waals surface area contributed by atoms with Crippen molar-refractivity contribution in [3.8, 4) is 5.75 Å². The van der Waals surface area contributed by atoms with Crippen molar-refractivity contribution in [3.63, 3.8) is 0 Å². The largest absolute Gasteiger partial charge is 0.486 e. The number of hydrogen-bond donors (Lipinski definition) is 0. The van der Waals surface area contributed by atoms with Gasteiger partial charge < -0.3 is 4.74 Å². The van der Waals surface area contributed by atoms with Gasteiger partial charge in [-0.3, -0.25) is 9.36 Å². The molecule has 6 heteroatoms. The summed E-state index contributed by atoms with van der Waals surface area (Å²) in [6.45, 7) is 4.60. The molecule has 30 heavy (non-hydrogen) atoms. The number of benzene rings is 2. The van der Waals surface area contributed by atoms with Crippen molar-refractivity contribution in [3.05, 3.63) is 71.5 Å². The predicted octanol–water partition coefficient (Wildman–Crippen LogP) is 5.24. The molecule has 0 bridgehead atoms. The van der Waals surface area contributed by atoms with E-state index >= 15 is 0 Å². The third-order valence-electron chi connectivity index (χ3n) is 5.60. The summed E-state index contributed by atoms with van der Waals surface area (Å²) in [5, 5.41) is 9.64. The maximum Gasteiger partial charge on any atom is 0.192 e. The maximum absolute atomic E-state index is 12.2. The summed E-state index contributed by atoms with van der Waals surface area (Å²) >= 11 is 1.54. The van der Waals surface area contributed by atoms with Crippen LogP contribution in [0.15, 0.2) is 59.8 Å². The lowest BCUT2D eigenvalue weighted by Crippen LogP contribution is -2.16. The van der Waals surface area contributed by atoms with E-state index in [0.29, 0.717) is 18.8 Å². The van der Waals surface area contributed by atoms with Gasteiger partial charge in [0.1, 0.15) is 18.1 Å². The Balaban J connectivity index is 1.59. The number of aryl methyl sites for hydroxylation is 1. The fourth-order valence-electron chi connectivity index (χ4n) is 3.76. The van der Waals surface area contributed by atoms with E-state index in [-0.39, 0.29) is 11.3 Å². The highest BCUT2D eigenvalue weighted by Crippen LogP contribution is 2.34. The van der Waals surface area contributed by atoms with Crippen LogP contribution in [-0.2, 0) is 17.8 Å². The van der Waals surface area contributed by atoms with Gasteiger partial charge in [-0.2, -0.15) is 0 Å². The standard InChI is InChI=1S/C24H27N3O2S/c1-3-18-12-14-20(15-13-18)29-16-23-25-26-24(30-22-11-7-10-21(22)28)27(23)17(2)19-8-5-4-6-9-19/h4-6,8-9,12-15,17,22H,3,7,10-11,16H2,1-2H3. The molecule has 156 valence electrons. The Labute approximate surface area is 181 Å². The van der Waals surface area contributed by atoms with Crippen molar-refractivity contribution in [1.82, 2.24) is 14.8 Å². The van der Waals surface area contributed by atoms with Gasteiger partial charge in [-0.05, 0) is 49.4 Å². The fraction of sp³-hybridized carbons (Fsp3) is 0.375. The molecule has 2 atom stereocenters. The first-order valence-electron chi connectivity index (χ1n) is 10.6. The summed E-state index contributed by atoms with van der Waals surface area (Å²) in [7, 11) is 0. The molecule has 0 amide bonds. The van der Waals surface area contributed by atoms with Crippen LogP contribution in [0.5, 0.6) is 5.75 Å². The molecule has 2 unspecified atom stereocenters. The molecule has 1 aliphatic rings. The van der Waals surface area contributed by atoms with Gasteiger partial charge in [-0.15, -0.1) is 10.2 Å². The third kappa shape index (κ3) is 4.59. The average Bonchev–Trinajstić information content (AvgIpc) is 3.38. The van der Waals surface area contributed by atoms with E-state index in [1.165, 1.54) is 11.1 Å². The number of aromatic nitrogens is 3. The Morgan fingerprint density at radius 1 is 1.13 bits per heavy atom. The van der Waals surface area contributed by atoms with Crippen LogP contribution in [0.25, 0.3) is 0 Å². The molecule has 0 saturated heterocycles. The molecule has 4 rings (SSSR count). The van der Waals surface area contributed by atoms with Crippen LogP contribution in [0.1, 0.15) is 56.1 Å². The molecule has 0 spiro atoms. The summed E-state index contributed by atoms with van der Waals surface area (Å²) in [6, 6.07) is 18.5. The normalized spacial score (nSPS) is 17.3. The van der Waals surface area contributed by atoms with Gasteiger partial charge in [0.05, 0.1) is 11.3 Å². The fourth-order valence-corrected chi connectivity index (χ4v) is 5.01. The first kappa shape index (κ1) is 20.7. The third-order valence-corrected chi connectivity index (χ3v) is 6.87. The first-order chi connectivity index (χ1) is 14.7. The number of rotatable bonds is 8. The van der Waals surface area contributed by atoms with Crippen molar-refractivity contribution in [2.24, 2.45) is 0 Å². The molecular weight excluding hydrogens is 394 g/mol. The zero-order valence-corrected chi connectivity index (χ0v) is 18.3. The van der Waals surface area contributed by atoms with Gasteiger partial charge in [0.25, 0.3) is 0 Å². The minimum atomic E-state index is -0.0220. The van der Waals surface area contributed by atoms with Crippen LogP contribution in [0.2, 0.25) is 0 Å². The molecule has 0 radical (unpaired) electrons. The molecule has 1 aliphatic carbocycles. The van der Waals surface area contributed by atoms with E-state index < -0.39 is 0 Å². The molecule has 1 fully saturated rings. The van der Waals surface area contributed by atoms with Gasteiger partial charge in [0.2, 0.25) is 0 Å². The topological polar surface area (TPSA) is 57.0 Å². The lowest BCUT2D eigenvalue weighted by molar-refractivity contribution is -0.116. The second-order valence-electron chi connectivity index (χ2n) is 7.61. The first-order valence-corrected chi connectivity index (χ1v) is 11.4. The van der Waals surface area contributed by atoms with Gasteiger partial charge in [-0.25, -0.2) is 0 Å². The number of nitrogens with zero attached hydrogens (tertiary/aromatic N) is 3. The average molecular weight is 422 g/mol. The van der Waals surface area contributed by atoms with Crippen LogP contribution in [0.4, 0.5) is 0 Å². The number of Topliss-reactive ketones (excluding diaryl/α,β-unsaturated/α-hetero) is 1. The van der Waals surface area contributed by atoms with Crippen LogP contribution in [0.3, 0.4) is 0 Å². The quantitative estimate of drug-likeness (QED) is 0.498. The Hall–Kier alpha value is -2.60. The van der Waals surface area contributed by atoms with E-state index in [0.717, 1.165) is 36.0 Å². The van der Waals surface area contributed by atoms with Gasteiger partial charge >= 0.3 is 0 Å². The Kier molecular flexibility index (Phi) is 6.53. The zero-order valence-electron chi connectivity index (χ0n) is 17.5. The Morgan fingerprint density at radius 2 is 1.90 bits per heavy atom. The minimum Gasteiger partial charge on any atom is -0.486 e. The molecule has 1 aromatic heterocycles. The van der Waals surface area contributed by atoms with Crippen LogP contribution in [0, 0.1) is 0 Å². The lowest BCUT2D eigenvalue weighted by Gasteiger charge is -2.19. The molecule has 0 N–H and O–H groups in total. The lowest BCUT2D eigenvalue weighted by atomic mass is 10.1. The molecule has 0 aliphatic heterocycles. The number of ether oxygens (including phenoxy) is 1. The summed E-state index contributed by atoms with van der Waals surface area (Å²) in [4.78, 5) is 12.2. The number of carbonyl (C=O) groups is 1. The summed E-state index contributed by atoms with van der Waals surface area (Å²) in [6.07, 6.45) is 3.54. The summed E-state index contributed by atoms with van der Waals surface area (Å²) in [5.41, 5.74) is 2.45. The van der Waals surface area contributed by atoms with Crippen LogP contribution < -0.4 is 4.74 Å². The molecule has 1 saturated carbocycles. The van der Waals surface area contributed by atoms with Crippen molar-refractivity contribution in [1.29, 1.82) is 0 Å². The highest BCUT2D eigenvalue weighted by atomic mass is 32.2. The number of ketones is 1. The monoisotopic (exact) mass is 421 g/mol. The van der Waals surface area contributed by atoms with E-state index in [4.69, 9.17) is 4.74 Å². The Bertz CT molecular complexity index is 985. The molecule has 5 nitrogen and oxygen atoms in total. The van der Waals surface area contributed by atoms with Gasteiger partial charge in [0, 0.05) is 6.42 Å². The predicted molar refractivity (Wildman–Crippen MR) is 119 cm³/mol. The molecular formula is C24H27N3O2S. The van der Waals surface area contributed by atoms with Crippen molar-refractivity contribution >= 4 is 17.5 Å². The SMILES string of the molecule is CCc1ccc(OCc2nnc(SC3CCCC3=O)n2C(C)c2ccccc2)cc1. The van der Waals surface area contributed by atoms with E-state index in [9.17, 15) is 4.79 Å². The van der Waals surface area contributed by atoms with E-state index in [2.05, 4.69) is 52.9 Å². The smallest absolute Gasteiger partial charge is 0.192 e. The van der Waals surface area contributed by atoms with Gasteiger partial charge in [0.15, 0.2) is 11.0 Å². The maximum atomic E-state index is 12.2. The van der Waals surface area contributed by atoms with E-state index in [1.54, 1.807) is 11.8 Å². The summed E-state index contributed by atoms with van der Waals surface area (Å²) in [5.74, 6) is 1.89.